The lowest BCUT2D eigenvalue weighted by atomic mass is 9.84. The van der Waals surface area contributed by atoms with E-state index in [0.717, 1.165) is 5.56 Å². The van der Waals surface area contributed by atoms with Gasteiger partial charge in [0.2, 0.25) is 5.91 Å². The maximum atomic E-state index is 13.6. The number of esters is 1. The summed E-state index contributed by atoms with van der Waals surface area (Å²) >= 11 is 3.15. The molecule has 2 aromatic rings. The molecule has 3 rings (SSSR count). The van der Waals surface area contributed by atoms with Crippen molar-refractivity contribution in [1.82, 2.24) is 5.32 Å². The smallest absolute Gasteiger partial charge is 0.336 e. The van der Waals surface area contributed by atoms with Crippen molar-refractivity contribution in [3.8, 4) is 0 Å². The molecule has 0 unspecified atom stereocenters. The molecule has 2 aromatic carbocycles. The molecule has 134 valence electrons. The Morgan fingerprint density at radius 3 is 2.69 bits per heavy atom. The van der Waals surface area contributed by atoms with Crippen LogP contribution in [0.25, 0.3) is 0 Å². The van der Waals surface area contributed by atoms with Crippen LogP contribution in [0, 0.1) is 5.82 Å². The van der Waals surface area contributed by atoms with Crippen LogP contribution >= 0.6 is 15.9 Å². The Morgan fingerprint density at radius 2 is 2.00 bits per heavy atom. The lowest BCUT2D eigenvalue weighted by molar-refractivity contribution is -0.141. The van der Waals surface area contributed by atoms with E-state index in [4.69, 9.17) is 4.74 Å². The number of halogens is 2. The van der Waals surface area contributed by atoms with Crippen LogP contribution in [-0.4, -0.2) is 11.9 Å². The van der Waals surface area contributed by atoms with Gasteiger partial charge in [0.15, 0.2) is 0 Å². The SMILES string of the molecule is CC1=C(C(=O)OCc2ccccc2)[C@H](c2ccc(F)c(Br)c2)CC(=O)N1. The van der Waals surface area contributed by atoms with E-state index in [0.29, 0.717) is 16.8 Å². The van der Waals surface area contributed by atoms with Crippen LogP contribution < -0.4 is 5.32 Å². The van der Waals surface area contributed by atoms with E-state index < -0.39 is 17.7 Å². The first-order valence-corrected chi connectivity index (χ1v) is 8.91. The zero-order valence-electron chi connectivity index (χ0n) is 14.1. The van der Waals surface area contributed by atoms with Gasteiger partial charge in [0, 0.05) is 18.0 Å². The summed E-state index contributed by atoms with van der Waals surface area (Å²) in [5, 5.41) is 2.69. The molecule has 0 fully saturated rings. The van der Waals surface area contributed by atoms with E-state index in [1.165, 1.54) is 6.07 Å². The van der Waals surface area contributed by atoms with E-state index in [2.05, 4.69) is 21.2 Å². The highest BCUT2D eigenvalue weighted by atomic mass is 79.9. The Hall–Kier alpha value is -2.47. The van der Waals surface area contributed by atoms with Crippen LogP contribution in [0.4, 0.5) is 4.39 Å². The van der Waals surface area contributed by atoms with Crippen molar-refractivity contribution in [2.45, 2.75) is 25.9 Å². The van der Waals surface area contributed by atoms with Crippen LogP contribution in [-0.2, 0) is 20.9 Å². The van der Waals surface area contributed by atoms with Gasteiger partial charge in [-0.25, -0.2) is 9.18 Å². The number of hydrogen-bond acceptors (Lipinski definition) is 3. The van der Waals surface area contributed by atoms with E-state index in [-0.39, 0.29) is 23.4 Å². The summed E-state index contributed by atoms with van der Waals surface area (Å²) in [4.78, 5) is 24.7. The first kappa shape index (κ1) is 18.3. The minimum Gasteiger partial charge on any atom is -0.457 e. The van der Waals surface area contributed by atoms with Crippen molar-refractivity contribution in [1.29, 1.82) is 0 Å². The standard InChI is InChI=1S/C20H17BrFNO3/c1-12-19(20(25)26-11-13-5-3-2-4-6-13)15(10-18(24)23-12)14-7-8-17(22)16(21)9-14/h2-9,15H,10-11H2,1H3,(H,23,24)/t15-/m0/s1. The van der Waals surface area contributed by atoms with Gasteiger partial charge in [0.05, 0.1) is 10.0 Å². The molecule has 4 nitrogen and oxygen atoms in total. The minimum atomic E-state index is -0.489. The summed E-state index contributed by atoms with van der Waals surface area (Å²) in [6, 6.07) is 13.8. The number of benzene rings is 2. The molecular weight excluding hydrogens is 401 g/mol. The summed E-state index contributed by atoms with van der Waals surface area (Å²) in [6.07, 6.45) is 0.102. The van der Waals surface area contributed by atoms with Crippen molar-refractivity contribution in [2.75, 3.05) is 0 Å². The molecule has 1 N–H and O–H groups in total. The fourth-order valence-corrected chi connectivity index (χ4v) is 3.38. The largest absolute Gasteiger partial charge is 0.457 e. The molecule has 1 aliphatic rings. The molecule has 6 heteroatoms. The van der Waals surface area contributed by atoms with Crippen molar-refractivity contribution in [3.63, 3.8) is 0 Å². The molecule has 0 aromatic heterocycles. The van der Waals surface area contributed by atoms with Gasteiger partial charge in [-0.2, -0.15) is 0 Å². The van der Waals surface area contributed by atoms with Crippen LogP contribution in [0.1, 0.15) is 30.4 Å². The zero-order chi connectivity index (χ0) is 18.7. The second-order valence-corrected chi connectivity index (χ2v) is 6.93. The van der Waals surface area contributed by atoms with Crippen molar-refractivity contribution in [2.24, 2.45) is 0 Å². The normalized spacial score (nSPS) is 17.0. The number of allylic oxidation sites excluding steroid dienone is 1. The molecular formula is C20H17BrFNO3. The molecule has 1 atom stereocenters. The topological polar surface area (TPSA) is 55.4 Å². The highest BCUT2D eigenvalue weighted by Crippen LogP contribution is 2.35. The molecule has 0 radical (unpaired) electrons. The van der Waals surface area contributed by atoms with Gasteiger partial charge in [0.1, 0.15) is 12.4 Å². The van der Waals surface area contributed by atoms with Crippen LogP contribution in [0.5, 0.6) is 0 Å². The summed E-state index contributed by atoms with van der Waals surface area (Å²) in [5.74, 6) is -1.56. The van der Waals surface area contributed by atoms with E-state index >= 15 is 0 Å². The number of ether oxygens (including phenoxy) is 1. The van der Waals surface area contributed by atoms with Crippen molar-refractivity contribution in [3.05, 3.63) is 81.2 Å². The van der Waals surface area contributed by atoms with Gasteiger partial charge in [-0.05, 0) is 46.1 Å². The third-order valence-electron chi connectivity index (χ3n) is 4.25. The van der Waals surface area contributed by atoms with Gasteiger partial charge >= 0.3 is 5.97 Å². The molecule has 0 bridgehead atoms. The first-order valence-electron chi connectivity index (χ1n) is 8.12. The molecule has 1 aliphatic heterocycles. The van der Waals surface area contributed by atoms with Gasteiger partial charge in [0.25, 0.3) is 0 Å². The second kappa shape index (κ2) is 7.83. The number of amides is 1. The lowest BCUT2D eigenvalue weighted by Crippen LogP contribution is -2.34. The Bertz CT molecular complexity index is 880. The first-order chi connectivity index (χ1) is 12.5. The Kier molecular flexibility index (Phi) is 5.52. The van der Waals surface area contributed by atoms with Crippen LogP contribution in [0.2, 0.25) is 0 Å². The molecule has 0 spiro atoms. The monoisotopic (exact) mass is 417 g/mol. The van der Waals surface area contributed by atoms with Gasteiger partial charge in [-0.3, -0.25) is 4.79 Å². The Labute approximate surface area is 159 Å². The summed E-state index contributed by atoms with van der Waals surface area (Å²) in [5.41, 5.74) is 2.41. The average Bonchev–Trinajstić information content (AvgIpc) is 2.62. The van der Waals surface area contributed by atoms with Gasteiger partial charge in [-0.15, -0.1) is 0 Å². The Morgan fingerprint density at radius 1 is 1.27 bits per heavy atom. The highest BCUT2D eigenvalue weighted by molar-refractivity contribution is 9.10. The maximum Gasteiger partial charge on any atom is 0.336 e. The van der Waals surface area contributed by atoms with Gasteiger partial charge in [-0.1, -0.05) is 36.4 Å². The van der Waals surface area contributed by atoms with Crippen LogP contribution in [0.15, 0.2) is 64.3 Å². The number of carbonyl (C=O) groups excluding carboxylic acids is 2. The molecule has 0 saturated carbocycles. The Balaban J connectivity index is 1.87. The molecule has 1 heterocycles. The number of nitrogens with one attached hydrogen (secondary N) is 1. The minimum absolute atomic E-state index is 0.102. The fourth-order valence-electron chi connectivity index (χ4n) is 2.99. The number of rotatable bonds is 4. The average molecular weight is 418 g/mol. The third-order valence-corrected chi connectivity index (χ3v) is 4.86. The lowest BCUT2D eigenvalue weighted by Gasteiger charge is -2.26. The van der Waals surface area contributed by atoms with E-state index in [1.807, 2.05) is 30.3 Å². The molecule has 0 aliphatic carbocycles. The zero-order valence-corrected chi connectivity index (χ0v) is 15.7. The van der Waals surface area contributed by atoms with Gasteiger partial charge < -0.3 is 10.1 Å². The van der Waals surface area contributed by atoms with E-state index in [9.17, 15) is 14.0 Å². The van der Waals surface area contributed by atoms with Crippen molar-refractivity contribution < 1.29 is 18.7 Å². The maximum absolute atomic E-state index is 13.6. The molecule has 0 saturated heterocycles. The number of carbonyl (C=O) groups is 2. The predicted octanol–water partition coefficient (Wildman–Crippen LogP) is 4.21. The van der Waals surface area contributed by atoms with Crippen LogP contribution in [0.3, 0.4) is 0 Å². The quantitative estimate of drug-likeness (QED) is 0.757. The molecule has 26 heavy (non-hydrogen) atoms. The summed E-state index contributed by atoms with van der Waals surface area (Å²) in [6.45, 7) is 1.81. The third kappa shape index (κ3) is 4.02. The summed E-state index contributed by atoms with van der Waals surface area (Å²) < 4.78 is 19.3. The number of hydrogen-bond donors (Lipinski definition) is 1. The second-order valence-electron chi connectivity index (χ2n) is 6.08. The highest BCUT2D eigenvalue weighted by Gasteiger charge is 2.33. The molecule has 1 amide bonds. The van der Waals surface area contributed by atoms with E-state index in [1.54, 1.807) is 19.1 Å². The summed E-state index contributed by atoms with van der Waals surface area (Å²) in [7, 11) is 0. The van der Waals surface area contributed by atoms with Crippen molar-refractivity contribution >= 4 is 27.8 Å². The fraction of sp³-hybridized carbons (Fsp3) is 0.200. The predicted molar refractivity (Wildman–Crippen MR) is 98.5 cm³/mol.